The van der Waals surface area contributed by atoms with Crippen LogP contribution in [0, 0.1) is 5.92 Å². The van der Waals surface area contributed by atoms with Gasteiger partial charge in [-0.2, -0.15) is 8.78 Å². The summed E-state index contributed by atoms with van der Waals surface area (Å²) in [6, 6.07) is 6.83. The molecular weight excluding hydrogens is 316 g/mol. The van der Waals surface area contributed by atoms with E-state index in [9.17, 15) is 13.6 Å². The molecule has 0 saturated carbocycles. The topological polar surface area (TPSA) is 47.4 Å². The van der Waals surface area contributed by atoms with Crippen LogP contribution >= 0.6 is 0 Å². The molecule has 5 nitrogen and oxygen atoms in total. The van der Waals surface area contributed by atoms with Gasteiger partial charge in [0.1, 0.15) is 11.6 Å². The van der Waals surface area contributed by atoms with E-state index in [2.05, 4.69) is 4.98 Å². The monoisotopic (exact) mass is 337 g/mol. The molecule has 1 aromatic carbocycles. The predicted molar refractivity (Wildman–Crippen MR) is 86.1 cm³/mol. The van der Waals surface area contributed by atoms with Crippen LogP contribution in [0.3, 0.4) is 0 Å². The number of imidazole rings is 1. The standard InChI is InChI=1S/C17H21F2N3O2/c1-12(2)11-24-14-6-4-5-13(9-14)16(23)21(3)10-15-20-7-8-22(15)17(18)19/h4-9,12,17H,10-11H2,1-3H3. The van der Waals surface area contributed by atoms with Crippen molar-refractivity contribution >= 4 is 5.91 Å². The Morgan fingerprint density at radius 3 is 2.79 bits per heavy atom. The molecule has 130 valence electrons. The molecule has 2 rings (SSSR count). The second-order valence-corrected chi connectivity index (χ2v) is 5.92. The number of nitrogens with zero attached hydrogens (tertiary/aromatic N) is 3. The normalized spacial score (nSPS) is 11.1. The first-order valence-corrected chi connectivity index (χ1v) is 7.66. The summed E-state index contributed by atoms with van der Waals surface area (Å²) >= 11 is 0. The van der Waals surface area contributed by atoms with Gasteiger partial charge in [0.2, 0.25) is 0 Å². The van der Waals surface area contributed by atoms with Crippen molar-refractivity contribution in [3.63, 3.8) is 0 Å². The van der Waals surface area contributed by atoms with Crippen LogP contribution in [0.2, 0.25) is 0 Å². The van der Waals surface area contributed by atoms with Crippen molar-refractivity contribution in [3.05, 3.63) is 48.0 Å². The summed E-state index contributed by atoms with van der Waals surface area (Å²) in [7, 11) is 1.55. The summed E-state index contributed by atoms with van der Waals surface area (Å²) in [5, 5.41) is 0. The van der Waals surface area contributed by atoms with E-state index < -0.39 is 6.55 Å². The number of alkyl halides is 2. The Balaban J connectivity index is 2.07. The molecule has 1 aromatic heterocycles. The maximum absolute atomic E-state index is 12.8. The van der Waals surface area contributed by atoms with Gasteiger partial charge in [0.15, 0.2) is 0 Å². The van der Waals surface area contributed by atoms with Gasteiger partial charge >= 0.3 is 6.55 Å². The molecular formula is C17H21F2N3O2. The third-order valence-electron chi connectivity index (χ3n) is 3.35. The van der Waals surface area contributed by atoms with Crippen LogP contribution in [-0.4, -0.2) is 34.0 Å². The van der Waals surface area contributed by atoms with E-state index in [0.717, 1.165) is 4.57 Å². The minimum absolute atomic E-state index is 0.00669. The van der Waals surface area contributed by atoms with E-state index in [1.165, 1.54) is 17.3 Å². The quantitative estimate of drug-likeness (QED) is 0.776. The van der Waals surface area contributed by atoms with Gasteiger partial charge in [-0.05, 0) is 24.1 Å². The van der Waals surface area contributed by atoms with Gasteiger partial charge in [-0.3, -0.25) is 9.36 Å². The fraction of sp³-hybridized carbons (Fsp3) is 0.412. The fourth-order valence-electron chi connectivity index (χ4n) is 2.13. The number of amides is 1. The summed E-state index contributed by atoms with van der Waals surface area (Å²) in [5.41, 5.74) is 0.439. The predicted octanol–water partition coefficient (Wildman–Crippen LogP) is 3.59. The molecule has 2 aromatic rings. The lowest BCUT2D eigenvalue weighted by Crippen LogP contribution is -2.27. The molecule has 0 spiro atoms. The fourth-order valence-corrected chi connectivity index (χ4v) is 2.13. The van der Waals surface area contributed by atoms with Crippen LogP contribution in [0.25, 0.3) is 0 Å². The summed E-state index contributed by atoms with van der Waals surface area (Å²) < 4.78 is 32.0. The van der Waals surface area contributed by atoms with Crippen molar-refractivity contribution < 1.29 is 18.3 Å². The van der Waals surface area contributed by atoms with Gasteiger partial charge in [-0.25, -0.2) is 4.98 Å². The highest BCUT2D eigenvalue weighted by Gasteiger charge is 2.17. The van der Waals surface area contributed by atoms with Crippen LogP contribution in [0.4, 0.5) is 8.78 Å². The molecule has 0 radical (unpaired) electrons. The zero-order chi connectivity index (χ0) is 17.7. The number of rotatable bonds is 7. The highest BCUT2D eigenvalue weighted by Crippen LogP contribution is 2.18. The Labute approximate surface area is 139 Å². The average molecular weight is 337 g/mol. The molecule has 0 N–H and O–H groups in total. The molecule has 1 amide bonds. The van der Waals surface area contributed by atoms with E-state index in [0.29, 0.717) is 23.8 Å². The minimum Gasteiger partial charge on any atom is -0.493 e. The molecule has 0 fully saturated rings. The van der Waals surface area contributed by atoms with Crippen molar-refractivity contribution in [1.29, 1.82) is 0 Å². The van der Waals surface area contributed by atoms with E-state index in [4.69, 9.17) is 4.74 Å². The van der Waals surface area contributed by atoms with Gasteiger partial charge in [-0.1, -0.05) is 19.9 Å². The number of halogens is 2. The third kappa shape index (κ3) is 4.53. The number of ether oxygens (including phenoxy) is 1. The van der Waals surface area contributed by atoms with Gasteiger partial charge in [0.25, 0.3) is 5.91 Å². The Bertz CT molecular complexity index is 686. The second-order valence-electron chi connectivity index (χ2n) is 5.92. The lowest BCUT2D eigenvalue weighted by Gasteiger charge is -2.18. The number of carbonyl (C=O) groups excluding carboxylic acids is 1. The first-order valence-electron chi connectivity index (χ1n) is 7.66. The summed E-state index contributed by atoms with van der Waals surface area (Å²) in [5.74, 6) is 0.833. The first-order chi connectivity index (χ1) is 11.4. The van der Waals surface area contributed by atoms with E-state index >= 15 is 0 Å². The summed E-state index contributed by atoms with van der Waals surface area (Å²) in [6.45, 7) is 1.94. The first kappa shape index (κ1) is 17.9. The zero-order valence-electron chi connectivity index (χ0n) is 13.9. The van der Waals surface area contributed by atoms with Crippen molar-refractivity contribution in [2.45, 2.75) is 26.9 Å². The van der Waals surface area contributed by atoms with Gasteiger partial charge in [0, 0.05) is 25.0 Å². The lowest BCUT2D eigenvalue weighted by atomic mass is 10.2. The maximum Gasteiger partial charge on any atom is 0.319 e. The Morgan fingerprint density at radius 2 is 2.12 bits per heavy atom. The van der Waals surface area contributed by atoms with E-state index in [-0.39, 0.29) is 18.3 Å². The van der Waals surface area contributed by atoms with E-state index in [1.807, 2.05) is 13.8 Å². The Hall–Kier alpha value is -2.44. The van der Waals surface area contributed by atoms with Gasteiger partial charge in [-0.15, -0.1) is 0 Å². The maximum atomic E-state index is 12.8. The largest absolute Gasteiger partial charge is 0.493 e. The highest BCUT2D eigenvalue weighted by atomic mass is 19.3. The van der Waals surface area contributed by atoms with Gasteiger partial charge in [0.05, 0.1) is 13.2 Å². The van der Waals surface area contributed by atoms with Crippen LogP contribution in [0.1, 0.15) is 36.6 Å². The number of hydrogen-bond donors (Lipinski definition) is 0. The molecule has 7 heteroatoms. The Kier molecular flexibility index (Phi) is 5.89. The molecule has 0 unspecified atom stereocenters. The number of hydrogen-bond acceptors (Lipinski definition) is 3. The van der Waals surface area contributed by atoms with Crippen LogP contribution in [0.15, 0.2) is 36.7 Å². The number of aromatic nitrogens is 2. The number of benzene rings is 1. The molecule has 24 heavy (non-hydrogen) atoms. The SMILES string of the molecule is CC(C)COc1cccc(C(=O)N(C)Cc2nccn2C(F)F)c1. The van der Waals surface area contributed by atoms with Crippen LogP contribution in [-0.2, 0) is 6.54 Å². The Morgan fingerprint density at radius 1 is 1.38 bits per heavy atom. The highest BCUT2D eigenvalue weighted by molar-refractivity contribution is 5.94. The van der Waals surface area contributed by atoms with Crippen molar-refractivity contribution in [2.24, 2.45) is 5.92 Å². The molecule has 1 heterocycles. The third-order valence-corrected chi connectivity index (χ3v) is 3.35. The second kappa shape index (κ2) is 7.90. The molecule has 0 aliphatic rings. The van der Waals surface area contributed by atoms with E-state index in [1.54, 1.807) is 31.3 Å². The van der Waals surface area contributed by atoms with Crippen molar-refractivity contribution in [1.82, 2.24) is 14.5 Å². The van der Waals surface area contributed by atoms with Crippen molar-refractivity contribution in [3.8, 4) is 5.75 Å². The smallest absolute Gasteiger partial charge is 0.319 e. The lowest BCUT2D eigenvalue weighted by molar-refractivity contribution is 0.0612. The molecule has 0 aliphatic carbocycles. The molecule has 0 bridgehead atoms. The van der Waals surface area contributed by atoms with Crippen LogP contribution in [0.5, 0.6) is 5.75 Å². The number of carbonyl (C=O) groups is 1. The molecule has 0 atom stereocenters. The molecule has 0 aliphatic heterocycles. The average Bonchev–Trinajstić information content (AvgIpc) is 3.00. The van der Waals surface area contributed by atoms with Crippen molar-refractivity contribution in [2.75, 3.05) is 13.7 Å². The zero-order valence-corrected chi connectivity index (χ0v) is 13.9. The summed E-state index contributed by atoms with van der Waals surface area (Å²) in [4.78, 5) is 17.7. The van der Waals surface area contributed by atoms with Crippen LogP contribution < -0.4 is 4.74 Å². The minimum atomic E-state index is -2.68. The molecule has 0 saturated heterocycles. The van der Waals surface area contributed by atoms with Gasteiger partial charge < -0.3 is 9.64 Å². The summed E-state index contributed by atoms with van der Waals surface area (Å²) in [6.07, 6.45) is 2.49.